The Morgan fingerprint density at radius 1 is 1.03 bits per heavy atom. The first-order valence-electron chi connectivity index (χ1n) is 11.8. The highest BCUT2D eigenvalue weighted by Crippen LogP contribution is 2.29. The Hall–Kier alpha value is -3.74. The Labute approximate surface area is 199 Å². The van der Waals surface area contributed by atoms with E-state index < -0.39 is 0 Å². The summed E-state index contributed by atoms with van der Waals surface area (Å²) in [5.41, 5.74) is 4.21. The quantitative estimate of drug-likeness (QED) is 0.452. The zero-order valence-corrected chi connectivity index (χ0v) is 19.7. The Morgan fingerprint density at radius 3 is 2.62 bits per heavy atom. The lowest BCUT2D eigenvalue weighted by Gasteiger charge is -2.32. The molecule has 7 nitrogen and oxygen atoms in total. The smallest absolute Gasteiger partial charge is 0.223 e. The molecule has 0 bridgehead atoms. The third-order valence-corrected chi connectivity index (χ3v) is 6.69. The molecule has 176 valence electrons. The molecule has 1 amide bonds. The molecule has 7 heteroatoms. The molecule has 1 saturated heterocycles. The van der Waals surface area contributed by atoms with E-state index in [4.69, 9.17) is 14.5 Å². The van der Waals surface area contributed by atoms with Gasteiger partial charge in [0.1, 0.15) is 11.5 Å². The van der Waals surface area contributed by atoms with Crippen molar-refractivity contribution < 1.29 is 14.3 Å². The summed E-state index contributed by atoms with van der Waals surface area (Å²) in [6, 6.07) is 18.1. The van der Waals surface area contributed by atoms with Crippen molar-refractivity contribution in [2.24, 2.45) is 5.92 Å². The number of ether oxygens (including phenoxy) is 2. The summed E-state index contributed by atoms with van der Waals surface area (Å²) in [5, 5.41) is 3.12. The monoisotopic (exact) mass is 458 g/mol. The highest BCUT2D eigenvalue weighted by atomic mass is 16.5. The maximum Gasteiger partial charge on any atom is 0.223 e. The molecule has 0 aliphatic carbocycles. The van der Waals surface area contributed by atoms with Gasteiger partial charge in [0.2, 0.25) is 5.91 Å². The predicted octanol–water partition coefficient (Wildman–Crippen LogP) is 4.08. The van der Waals surface area contributed by atoms with Gasteiger partial charge in [-0.1, -0.05) is 12.1 Å². The van der Waals surface area contributed by atoms with Crippen LogP contribution in [0.15, 0.2) is 60.8 Å². The first kappa shape index (κ1) is 22.1. The number of methoxy groups -OCH3 is 2. The molecule has 5 rings (SSSR count). The summed E-state index contributed by atoms with van der Waals surface area (Å²) in [4.78, 5) is 20.1. The van der Waals surface area contributed by atoms with E-state index in [1.807, 2.05) is 30.3 Å². The minimum Gasteiger partial charge on any atom is -0.497 e. The van der Waals surface area contributed by atoms with Crippen molar-refractivity contribution in [2.45, 2.75) is 19.3 Å². The normalized spacial score (nSPS) is 14.5. The maximum absolute atomic E-state index is 12.8. The van der Waals surface area contributed by atoms with Gasteiger partial charge in [0.05, 0.1) is 30.8 Å². The molecule has 0 atom stereocenters. The van der Waals surface area contributed by atoms with Gasteiger partial charge in [-0.25, -0.2) is 4.98 Å². The van der Waals surface area contributed by atoms with E-state index in [1.54, 1.807) is 14.2 Å². The number of aromatic nitrogens is 2. The summed E-state index contributed by atoms with van der Waals surface area (Å²) in [7, 11) is 3.30. The molecule has 4 aromatic rings. The minimum atomic E-state index is 0.0201. The molecule has 0 saturated carbocycles. The number of rotatable bonds is 7. The van der Waals surface area contributed by atoms with E-state index in [2.05, 4.69) is 45.1 Å². The van der Waals surface area contributed by atoms with Crippen LogP contribution in [-0.4, -0.2) is 49.1 Å². The topological polar surface area (TPSA) is 68.1 Å². The molecule has 1 aliphatic rings. The highest BCUT2D eigenvalue weighted by Gasteiger charge is 2.26. The number of piperidine rings is 1. The molecular formula is C27H30N4O3. The van der Waals surface area contributed by atoms with Gasteiger partial charge in [0, 0.05) is 31.7 Å². The number of amides is 1. The van der Waals surface area contributed by atoms with E-state index in [9.17, 15) is 4.79 Å². The number of hydrogen-bond acceptors (Lipinski definition) is 5. The van der Waals surface area contributed by atoms with E-state index in [-0.39, 0.29) is 11.8 Å². The summed E-state index contributed by atoms with van der Waals surface area (Å²) in [5.74, 6) is 2.73. The first-order chi connectivity index (χ1) is 16.7. The Kier molecular flexibility index (Phi) is 6.25. The molecule has 0 spiro atoms. The standard InChI is InChI=1S/C27H30N4O3/c1-33-21-9-10-25(34-2)20(18-21)11-14-28-27(32)19-12-16-30(17-13-19)26-24-8-5-15-31(24)23-7-4-3-6-22(23)29-26/h3-10,15,18-19H,11-14,16-17H2,1-2H3,(H,28,32). The fourth-order valence-corrected chi connectivity index (χ4v) is 4.84. The number of hydrogen-bond donors (Lipinski definition) is 1. The lowest BCUT2D eigenvalue weighted by molar-refractivity contribution is -0.125. The number of fused-ring (bicyclic) bond motifs is 3. The third kappa shape index (κ3) is 4.25. The van der Waals surface area contributed by atoms with E-state index in [0.29, 0.717) is 13.0 Å². The van der Waals surface area contributed by atoms with Crippen molar-refractivity contribution in [3.05, 3.63) is 66.4 Å². The van der Waals surface area contributed by atoms with Crippen molar-refractivity contribution >= 4 is 28.3 Å². The molecule has 1 fully saturated rings. The molecule has 0 radical (unpaired) electrons. The summed E-state index contributed by atoms with van der Waals surface area (Å²) in [6.07, 6.45) is 4.41. The van der Waals surface area contributed by atoms with Crippen LogP contribution in [0.3, 0.4) is 0 Å². The van der Waals surface area contributed by atoms with Gasteiger partial charge in [-0.05, 0) is 67.3 Å². The zero-order valence-electron chi connectivity index (χ0n) is 19.7. The second kappa shape index (κ2) is 9.63. The lowest BCUT2D eigenvalue weighted by Crippen LogP contribution is -2.41. The van der Waals surface area contributed by atoms with Crippen molar-refractivity contribution in [1.29, 1.82) is 0 Å². The average Bonchev–Trinajstić information content (AvgIpc) is 3.38. The van der Waals surface area contributed by atoms with E-state index >= 15 is 0 Å². The van der Waals surface area contributed by atoms with Crippen LogP contribution < -0.4 is 19.7 Å². The minimum absolute atomic E-state index is 0.0201. The van der Waals surface area contributed by atoms with Crippen LogP contribution in [0.1, 0.15) is 18.4 Å². The highest BCUT2D eigenvalue weighted by molar-refractivity contribution is 5.85. The molecule has 1 aliphatic heterocycles. The summed E-state index contributed by atoms with van der Waals surface area (Å²) in [6.45, 7) is 2.20. The number of carbonyl (C=O) groups excluding carboxylic acids is 1. The Morgan fingerprint density at radius 2 is 1.82 bits per heavy atom. The number of para-hydroxylation sites is 2. The Balaban J connectivity index is 1.20. The van der Waals surface area contributed by atoms with Gasteiger partial charge >= 0.3 is 0 Å². The number of benzene rings is 2. The molecule has 1 N–H and O–H groups in total. The number of anilines is 1. The third-order valence-electron chi connectivity index (χ3n) is 6.69. The molecule has 3 heterocycles. The van der Waals surface area contributed by atoms with Crippen molar-refractivity contribution in [2.75, 3.05) is 38.8 Å². The SMILES string of the molecule is COc1ccc(OC)c(CCNC(=O)C2CCN(c3nc4ccccc4n4cccc34)CC2)c1. The molecule has 0 unspecified atom stereocenters. The van der Waals surface area contributed by atoms with Crippen LogP contribution in [0, 0.1) is 5.92 Å². The van der Waals surface area contributed by atoms with Crippen LogP contribution in [0.25, 0.3) is 16.6 Å². The zero-order chi connectivity index (χ0) is 23.5. The number of nitrogens with zero attached hydrogens (tertiary/aromatic N) is 3. The Bertz CT molecular complexity index is 1310. The van der Waals surface area contributed by atoms with Crippen molar-refractivity contribution in [3.8, 4) is 11.5 Å². The fraction of sp³-hybridized carbons (Fsp3) is 0.333. The number of nitrogens with one attached hydrogen (secondary N) is 1. The summed E-state index contributed by atoms with van der Waals surface area (Å²) < 4.78 is 13.0. The predicted molar refractivity (Wildman–Crippen MR) is 134 cm³/mol. The molecule has 2 aromatic carbocycles. The van der Waals surface area contributed by atoms with E-state index in [1.165, 1.54) is 0 Å². The van der Waals surface area contributed by atoms with Crippen LogP contribution in [0.2, 0.25) is 0 Å². The largest absolute Gasteiger partial charge is 0.497 e. The van der Waals surface area contributed by atoms with Gasteiger partial charge in [-0.3, -0.25) is 4.79 Å². The molecular weight excluding hydrogens is 428 g/mol. The lowest BCUT2D eigenvalue weighted by atomic mass is 9.95. The van der Waals surface area contributed by atoms with Crippen LogP contribution >= 0.6 is 0 Å². The van der Waals surface area contributed by atoms with Crippen molar-refractivity contribution in [3.63, 3.8) is 0 Å². The fourth-order valence-electron chi connectivity index (χ4n) is 4.84. The maximum atomic E-state index is 12.8. The van der Waals surface area contributed by atoms with Crippen LogP contribution in [0.5, 0.6) is 11.5 Å². The first-order valence-corrected chi connectivity index (χ1v) is 11.8. The van der Waals surface area contributed by atoms with Crippen molar-refractivity contribution in [1.82, 2.24) is 14.7 Å². The van der Waals surface area contributed by atoms with E-state index in [0.717, 1.165) is 65.4 Å². The van der Waals surface area contributed by atoms with Gasteiger partial charge in [0.15, 0.2) is 5.82 Å². The molecule has 34 heavy (non-hydrogen) atoms. The van der Waals surface area contributed by atoms with Gasteiger partial charge in [-0.15, -0.1) is 0 Å². The number of carbonyl (C=O) groups is 1. The summed E-state index contributed by atoms with van der Waals surface area (Å²) >= 11 is 0. The average molecular weight is 459 g/mol. The van der Waals surface area contributed by atoms with Crippen LogP contribution in [0.4, 0.5) is 5.82 Å². The second-order valence-electron chi connectivity index (χ2n) is 8.67. The van der Waals surface area contributed by atoms with Gasteiger partial charge < -0.3 is 24.1 Å². The second-order valence-corrected chi connectivity index (χ2v) is 8.67. The molecule has 2 aromatic heterocycles. The van der Waals surface area contributed by atoms with Crippen LogP contribution in [-0.2, 0) is 11.2 Å². The van der Waals surface area contributed by atoms with Gasteiger partial charge in [-0.2, -0.15) is 0 Å². The van der Waals surface area contributed by atoms with Gasteiger partial charge in [0.25, 0.3) is 0 Å².